The van der Waals surface area contributed by atoms with Gasteiger partial charge in [0.05, 0.1) is 5.56 Å². The summed E-state index contributed by atoms with van der Waals surface area (Å²) in [6.45, 7) is 6.02. The second-order valence-corrected chi connectivity index (χ2v) is 12.9. The van der Waals surface area contributed by atoms with Crippen LogP contribution in [0.2, 0.25) is 0 Å². The van der Waals surface area contributed by atoms with Gasteiger partial charge in [0.25, 0.3) is 5.91 Å². The SMILES string of the molecule is O=C(O[C@H](Cc1cccc(C(F)(F)F)c1)C(=O)N1CCC(N2CCNCC2)CC1)N1CCC(N2CCc3ccccc3NC2=O)CC1. The second-order valence-electron chi connectivity index (χ2n) is 12.9. The number of fused-ring (bicyclic) bond motifs is 1. The summed E-state index contributed by atoms with van der Waals surface area (Å²) in [6.07, 6.45) is -3.21. The summed E-state index contributed by atoms with van der Waals surface area (Å²) >= 11 is 0. The molecule has 0 radical (unpaired) electrons. The summed E-state index contributed by atoms with van der Waals surface area (Å²) < 4.78 is 46.3. The minimum atomic E-state index is -4.53. The molecule has 6 rings (SSSR count). The van der Waals surface area contributed by atoms with Crippen LogP contribution in [0.25, 0.3) is 0 Å². The van der Waals surface area contributed by atoms with Crippen molar-refractivity contribution in [1.82, 2.24) is 24.9 Å². The predicted octanol–water partition coefficient (Wildman–Crippen LogP) is 4.20. The highest BCUT2D eigenvalue weighted by Crippen LogP contribution is 2.30. The van der Waals surface area contributed by atoms with Gasteiger partial charge in [0.15, 0.2) is 6.10 Å². The molecule has 2 aromatic carbocycles. The van der Waals surface area contributed by atoms with Crippen molar-refractivity contribution in [3.8, 4) is 0 Å². The highest BCUT2D eigenvalue weighted by Gasteiger charge is 2.37. The predicted molar refractivity (Wildman–Crippen MR) is 170 cm³/mol. The Labute approximate surface area is 273 Å². The largest absolute Gasteiger partial charge is 0.436 e. The van der Waals surface area contributed by atoms with E-state index in [2.05, 4.69) is 15.5 Å². The van der Waals surface area contributed by atoms with Crippen LogP contribution in [0.1, 0.15) is 42.4 Å². The fourth-order valence-corrected chi connectivity index (χ4v) is 7.26. The van der Waals surface area contributed by atoms with Gasteiger partial charge in [-0.3, -0.25) is 9.69 Å². The summed E-state index contributed by atoms with van der Waals surface area (Å²) in [5.41, 5.74) is 1.35. The van der Waals surface area contributed by atoms with Crippen LogP contribution in [0.3, 0.4) is 0 Å². The van der Waals surface area contributed by atoms with Crippen LogP contribution in [0, 0.1) is 0 Å². The number of amides is 4. The van der Waals surface area contributed by atoms with Crippen LogP contribution in [0.15, 0.2) is 48.5 Å². The number of nitrogens with zero attached hydrogens (tertiary/aromatic N) is 4. The first kappa shape index (κ1) is 33.1. The standard InChI is InChI=1S/C34H43F3N6O4/c35-34(36,37)26-6-3-4-24(22-26)23-30(31(44)41-15-9-27(10-16-41)40-20-13-38-14-21-40)47-33(46)42-17-11-28(12-18-42)43-19-8-25-5-1-2-7-29(25)39-32(43)45/h1-7,22,27-28,30,38H,8-21,23H2,(H,39,45)/t30-/m1/s1. The van der Waals surface area contributed by atoms with E-state index in [1.165, 1.54) is 17.0 Å². The number of urea groups is 1. The van der Waals surface area contributed by atoms with Crippen molar-refractivity contribution < 1.29 is 32.3 Å². The van der Waals surface area contributed by atoms with Crippen molar-refractivity contribution >= 4 is 23.7 Å². The first-order valence-corrected chi connectivity index (χ1v) is 16.7. The summed E-state index contributed by atoms with van der Waals surface area (Å²) in [6, 6.07) is 12.7. The Morgan fingerprint density at radius 3 is 2.26 bits per heavy atom. The first-order chi connectivity index (χ1) is 22.7. The van der Waals surface area contributed by atoms with E-state index in [-0.39, 0.29) is 30.0 Å². The number of nitrogens with one attached hydrogen (secondary N) is 2. The molecule has 2 N–H and O–H groups in total. The average Bonchev–Trinajstić information content (AvgIpc) is 3.26. The molecule has 0 aromatic heterocycles. The molecule has 0 unspecified atom stereocenters. The molecule has 2 aromatic rings. The van der Waals surface area contributed by atoms with Crippen LogP contribution in [-0.2, 0) is 28.5 Å². The lowest BCUT2D eigenvalue weighted by Crippen LogP contribution is -2.54. The number of carbonyl (C=O) groups is 3. The lowest BCUT2D eigenvalue weighted by atomic mass is 10.00. The topological polar surface area (TPSA) is 97.5 Å². The Balaban J connectivity index is 1.09. The molecule has 254 valence electrons. The van der Waals surface area contributed by atoms with Crippen LogP contribution in [0.4, 0.5) is 28.4 Å². The number of likely N-dealkylation sites (tertiary alicyclic amines) is 2. The molecular formula is C34H43F3N6O4. The number of alkyl halides is 3. The molecule has 0 saturated carbocycles. The third-order valence-corrected chi connectivity index (χ3v) is 9.94. The van der Waals surface area contributed by atoms with Gasteiger partial charge in [0.2, 0.25) is 0 Å². The van der Waals surface area contributed by atoms with E-state index in [1.54, 1.807) is 4.90 Å². The minimum absolute atomic E-state index is 0.0621. The zero-order valence-electron chi connectivity index (χ0n) is 26.5. The number of carbonyl (C=O) groups excluding carboxylic acids is 3. The molecule has 3 saturated heterocycles. The Hall–Kier alpha value is -3.84. The number of rotatable bonds is 6. The molecule has 1 atom stereocenters. The molecule has 0 aliphatic carbocycles. The fourth-order valence-electron chi connectivity index (χ4n) is 7.26. The van der Waals surface area contributed by atoms with E-state index < -0.39 is 23.9 Å². The maximum Gasteiger partial charge on any atom is 0.416 e. The van der Waals surface area contributed by atoms with Gasteiger partial charge in [-0.15, -0.1) is 0 Å². The first-order valence-electron chi connectivity index (χ1n) is 16.7. The van der Waals surface area contributed by atoms with Crippen LogP contribution >= 0.6 is 0 Å². The van der Waals surface area contributed by atoms with Crippen molar-refractivity contribution in [1.29, 1.82) is 0 Å². The quantitative estimate of drug-likeness (QED) is 0.484. The Morgan fingerprint density at radius 2 is 1.53 bits per heavy atom. The smallest absolute Gasteiger partial charge is 0.416 e. The Bertz CT molecular complexity index is 1420. The van der Waals surface area contributed by atoms with Crippen LogP contribution in [-0.4, -0.2) is 115 Å². The number of ether oxygens (including phenoxy) is 1. The molecule has 47 heavy (non-hydrogen) atoms. The third kappa shape index (κ3) is 8.01. The van der Waals surface area contributed by atoms with Crippen molar-refractivity contribution in [2.75, 3.05) is 64.2 Å². The van der Waals surface area contributed by atoms with Crippen LogP contribution < -0.4 is 10.6 Å². The van der Waals surface area contributed by atoms with Gasteiger partial charge in [-0.2, -0.15) is 13.2 Å². The fraction of sp³-hybridized carbons (Fsp3) is 0.559. The Kier molecular flexibility index (Phi) is 10.2. The maximum atomic E-state index is 13.8. The van der Waals surface area contributed by atoms with Gasteiger partial charge in [-0.25, -0.2) is 9.59 Å². The molecule has 0 bridgehead atoms. The molecule has 3 fully saturated rings. The Morgan fingerprint density at radius 1 is 0.851 bits per heavy atom. The number of anilines is 1. The molecule has 4 aliphatic heterocycles. The van der Waals surface area contributed by atoms with E-state index in [1.807, 2.05) is 29.2 Å². The number of piperidine rings is 2. The van der Waals surface area contributed by atoms with Gasteiger partial charge >= 0.3 is 18.3 Å². The normalized spacial score (nSPS) is 21.1. The van der Waals surface area contributed by atoms with Gasteiger partial charge in [-0.1, -0.05) is 36.4 Å². The summed E-state index contributed by atoms with van der Waals surface area (Å²) in [5, 5.41) is 6.35. The van der Waals surface area contributed by atoms with Crippen molar-refractivity contribution in [3.63, 3.8) is 0 Å². The third-order valence-electron chi connectivity index (χ3n) is 9.94. The lowest BCUT2D eigenvalue weighted by molar-refractivity contribution is -0.142. The molecule has 0 spiro atoms. The summed E-state index contributed by atoms with van der Waals surface area (Å²) in [4.78, 5) is 47.8. The monoisotopic (exact) mass is 656 g/mol. The highest BCUT2D eigenvalue weighted by molar-refractivity contribution is 5.91. The number of hydrogen-bond donors (Lipinski definition) is 2. The molecule has 4 heterocycles. The van der Waals surface area contributed by atoms with Crippen LogP contribution in [0.5, 0.6) is 0 Å². The maximum absolute atomic E-state index is 13.8. The van der Waals surface area contributed by atoms with E-state index >= 15 is 0 Å². The number of piperazine rings is 1. The number of benzene rings is 2. The van der Waals surface area contributed by atoms with E-state index in [9.17, 15) is 27.6 Å². The molecule has 10 nitrogen and oxygen atoms in total. The molecule has 4 amide bonds. The van der Waals surface area contributed by atoms with Gasteiger partial charge in [0, 0.05) is 83.1 Å². The van der Waals surface area contributed by atoms with E-state index in [0.717, 1.165) is 68.8 Å². The van der Waals surface area contributed by atoms with Crippen molar-refractivity contribution in [2.24, 2.45) is 0 Å². The number of para-hydroxylation sites is 1. The second kappa shape index (κ2) is 14.5. The van der Waals surface area contributed by atoms with Gasteiger partial charge < -0.3 is 30.1 Å². The highest BCUT2D eigenvalue weighted by atomic mass is 19.4. The molecule has 13 heteroatoms. The summed E-state index contributed by atoms with van der Waals surface area (Å²) in [7, 11) is 0. The van der Waals surface area contributed by atoms with Gasteiger partial charge in [-0.05, 0) is 55.4 Å². The van der Waals surface area contributed by atoms with E-state index in [4.69, 9.17) is 4.74 Å². The zero-order valence-corrected chi connectivity index (χ0v) is 26.5. The average molecular weight is 657 g/mol. The lowest BCUT2D eigenvalue weighted by Gasteiger charge is -2.41. The molecule has 4 aliphatic rings. The van der Waals surface area contributed by atoms with E-state index in [0.29, 0.717) is 51.6 Å². The zero-order chi connectivity index (χ0) is 33.0. The summed E-state index contributed by atoms with van der Waals surface area (Å²) in [5.74, 6) is -0.384. The number of hydrogen-bond acceptors (Lipinski definition) is 6. The van der Waals surface area contributed by atoms with Crippen molar-refractivity contribution in [2.45, 2.75) is 62.9 Å². The van der Waals surface area contributed by atoms with Gasteiger partial charge in [0.1, 0.15) is 0 Å². The minimum Gasteiger partial charge on any atom is -0.436 e. The number of halogens is 3. The molecular weight excluding hydrogens is 613 g/mol. The van der Waals surface area contributed by atoms with Crippen molar-refractivity contribution in [3.05, 3.63) is 65.2 Å².